The molecule has 11 heteroatoms. The van der Waals surface area contributed by atoms with Gasteiger partial charge < -0.3 is 5.32 Å². The summed E-state index contributed by atoms with van der Waals surface area (Å²) in [4.78, 5) is 15.0. The number of likely N-dealkylation sites (N-methyl/N-ethyl adjacent to an activating group) is 1. The molecule has 1 aromatic carbocycles. The first-order valence-corrected chi connectivity index (χ1v) is 12.2. The average Bonchev–Trinajstić information content (AvgIpc) is 3.35. The molecular weight excluding hydrogens is 461 g/mol. The Balaban J connectivity index is 1.57. The smallest absolute Gasteiger partial charge is 0.242 e. The molecule has 0 bridgehead atoms. The van der Waals surface area contributed by atoms with Crippen LogP contribution in [0.2, 0.25) is 5.02 Å². The standard InChI is InChI=1S/C20H21ClFN5O2S2/c1-26-11-12(10-23-26)18-6-7-19(30-18)16-9-17(27(2)31(3,29)25-16)20(28)24-13-4-5-15(22)14(21)8-13/h4-8,10-11,16-17H,3,9H2,1-2H3,(H,24,28)(H,25,29). The second-order valence-electron chi connectivity index (χ2n) is 7.33. The number of benzene rings is 1. The fourth-order valence-corrected chi connectivity index (χ4v) is 6.15. The number of anilines is 1. The SMILES string of the molecule is C=S1(=O)NC(c2ccc(-c3cnn(C)c3)s2)CC(C(=O)Nc2ccc(F)c(Cl)c2)N1C. The number of aryl methyl sites for hydroxylation is 1. The van der Waals surface area contributed by atoms with Gasteiger partial charge in [-0.1, -0.05) is 11.6 Å². The highest BCUT2D eigenvalue weighted by Crippen LogP contribution is 2.36. The van der Waals surface area contributed by atoms with Crippen LogP contribution in [0, 0.1) is 5.82 Å². The highest BCUT2D eigenvalue weighted by Gasteiger charge is 2.38. The van der Waals surface area contributed by atoms with Crippen molar-refractivity contribution in [2.24, 2.45) is 7.05 Å². The quantitative estimate of drug-likeness (QED) is 0.560. The Hall–Kier alpha value is -2.24. The maximum Gasteiger partial charge on any atom is 0.242 e. The van der Waals surface area contributed by atoms with Gasteiger partial charge in [0.05, 0.1) is 27.2 Å². The summed E-state index contributed by atoms with van der Waals surface area (Å²) in [7, 11) is 0.562. The van der Waals surface area contributed by atoms with E-state index in [0.29, 0.717) is 12.1 Å². The summed E-state index contributed by atoms with van der Waals surface area (Å²) in [5.41, 5.74) is 1.36. The minimum Gasteiger partial charge on any atom is -0.325 e. The minimum atomic E-state index is -2.88. The molecule has 3 aromatic rings. The zero-order chi connectivity index (χ0) is 22.3. The number of aromatic nitrogens is 2. The molecule has 0 aliphatic carbocycles. The third kappa shape index (κ3) is 4.53. The molecule has 3 heterocycles. The van der Waals surface area contributed by atoms with Crippen LogP contribution in [0.15, 0.2) is 42.7 Å². The van der Waals surface area contributed by atoms with E-state index in [9.17, 15) is 13.4 Å². The number of carbonyl (C=O) groups is 1. The van der Waals surface area contributed by atoms with Crippen molar-refractivity contribution < 1.29 is 13.4 Å². The molecule has 31 heavy (non-hydrogen) atoms. The number of carbonyl (C=O) groups excluding carboxylic acids is 1. The number of halogens is 2. The highest BCUT2D eigenvalue weighted by molar-refractivity contribution is 7.96. The predicted octanol–water partition coefficient (Wildman–Crippen LogP) is 3.46. The minimum absolute atomic E-state index is 0.0863. The van der Waals surface area contributed by atoms with Crippen molar-refractivity contribution in [2.45, 2.75) is 18.5 Å². The molecule has 1 saturated heterocycles. The molecule has 0 saturated carbocycles. The van der Waals surface area contributed by atoms with Gasteiger partial charge in [0.2, 0.25) is 5.91 Å². The van der Waals surface area contributed by atoms with Crippen LogP contribution in [0.5, 0.6) is 0 Å². The first-order valence-electron chi connectivity index (χ1n) is 9.36. The lowest BCUT2D eigenvalue weighted by molar-refractivity contribution is -0.120. The van der Waals surface area contributed by atoms with Gasteiger partial charge in [-0.2, -0.15) is 5.10 Å². The van der Waals surface area contributed by atoms with Crippen molar-refractivity contribution >= 4 is 50.3 Å². The number of nitrogens with one attached hydrogen (secondary N) is 2. The molecule has 2 N–H and O–H groups in total. The van der Waals surface area contributed by atoms with E-state index in [-0.39, 0.29) is 17.0 Å². The van der Waals surface area contributed by atoms with Gasteiger partial charge in [-0.05, 0) is 42.6 Å². The fraction of sp³-hybridized carbons (Fsp3) is 0.250. The molecule has 3 unspecified atom stereocenters. The van der Waals surface area contributed by atoms with Crippen LogP contribution in [0.3, 0.4) is 0 Å². The maximum atomic E-state index is 13.4. The summed E-state index contributed by atoms with van der Waals surface area (Å²) in [5.74, 6) is 2.87. The van der Waals surface area contributed by atoms with Crippen LogP contribution in [0.1, 0.15) is 17.3 Å². The second kappa shape index (κ2) is 8.36. The van der Waals surface area contributed by atoms with Crippen LogP contribution < -0.4 is 10.0 Å². The van der Waals surface area contributed by atoms with Crippen molar-refractivity contribution in [3.05, 3.63) is 58.4 Å². The number of hydrogen-bond acceptors (Lipinski definition) is 4. The third-order valence-electron chi connectivity index (χ3n) is 5.14. The van der Waals surface area contributed by atoms with E-state index in [4.69, 9.17) is 11.6 Å². The van der Waals surface area contributed by atoms with Crippen LogP contribution in [0.4, 0.5) is 10.1 Å². The van der Waals surface area contributed by atoms with Crippen LogP contribution >= 0.6 is 22.9 Å². The van der Waals surface area contributed by atoms with E-state index in [1.807, 2.05) is 25.4 Å². The zero-order valence-electron chi connectivity index (χ0n) is 16.8. The largest absolute Gasteiger partial charge is 0.325 e. The Morgan fingerprint density at radius 1 is 1.39 bits per heavy atom. The predicted molar refractivity (Wildman–Crippen MR) is 124 cm³/mol. The molecule has 1 aliphatic heterocycles. The second-order valence-corrected chi connectivity index (χ2v) is 10.9. The van der Waals surface area contributed by atoms with Gasteiger partial charge in [0.1, 0.15) is 11.9 Å². The summed E-state index contributed by atoms with van der Waals surface area (Å²) < 4.78 is 32.8. The number of nitrogens with zero attached hydrogens (tertiary/aromatic N) is 3. The monoisotopic (exact) mass is 481 g/mol. The summed E-state index contributed by atoms with van der Waals surface area (Å²) in [6.07, 6.45) is 4.09. The third-order valence-corrected chi connectivity index (χ3v) is 8.51. The molecule has 4 rings (SSSR count). The van der Waals surface area contributed by atoms with Crippen LogP contribution in [-0.2, 0) is 21.7 Å². The van der Waals surface area contributed by atoms with E-state index in [1.165, 1.54) is 22.5 Å². The number of thiophene rings is 1. The molecule has 3 atom stereocenters. The molecule has 0 spiro atoms. The topological polar surface area (TPSA) is 79.3 Å². The zero-order valence-corrected chi connectivity index (χ0v) is 19.2. The van der Waals surface area contributed by atoms with Crippen molar-refractivity contribution in [1.82, 2.24) is 18.8 Å². The lowest BCUT2D eigenvalue weighted by atomic mass is 10.1. The van der Waals surface area contributed by atoms with E-state index in [2.05, 4.69) is 21.0 Å². The van der Waals surface area contributed by atoms with Gasteiger partial charge in [0.25, 0.3) is 0 Å². The fourth-order valence-electron chi connectivity index (χ4n) is 3.42. The molecule has 1 fully saturated rings. The van der Waals surface area contributed by atoms with Crippen LogP contribution in [0.25, 0.3) is 10.4 Å². The van der Waals surface area contributed by atoms with E-state index in [0.717, 1.165) is 15.3 Å². The van der Waals surface area contributed by atoms with Crippen molar-refractivity contribution in [3.63, 3.8) is 0 Å². The molecule has 2 aromatic heterocycles. The first kappa shape index (κ1) is 22.0. The van der Waals surface area contributed by atoms with Crippen molar-refractivity contribution in [2.75, 3.05) is 12.4 Å². The van der Waals surface area contributed by atoms with Gasteiger partial charge in [0, 0.05) is 41.3 Å². The van der Waals surface area contributed by atoms with E-state index in [1.54, 1.807) is 29.3 Å². The number of hydrogen-bond donors (Lipinski definition) is 2. The molecule has 164 valence electrons. The Kier molecular flexibility index (Phi) is 5.93. The molecule has 1 amide bonds. The lowest BCUT2D eigenvalue weighted by Gasteiger charge is -2.39. The lowest BCUT2D eigenvalue weighted by Crippen LogP contribution is -2.55. The summed E-state index contributed by atoms with van der Waals surface area (Å²) in [6, 6.07) is 6.88. The molecule has 1 aliphatic rings. The van der Waals surface area contributed by atoms with E-state index >= 15 is 0 Å². The molecule has 7 nitrogen and oxygen atoms in total. The Labute approximate surface area is 189 Å². The van der Waals surface area contributed by atoms with Crippen molar-refractivity contribution in [1.29, 1.82) is 0 Å². The van der Waals surface area contributed by atoms with Gasteiger partial charge >= 0.3 is 0 Å². The molecular formula is C20H21ClFN5O2S2. The molecule has 0 radical (unpaired) electrons. The van der Waals surface area contributed by atoms with Crippen LogP contribution in [-0.4, -0.2) is 43.2 Å². The van der Waals surface area contributed by atoms with Gasteiger partial charge in [0.15, 0.2) is 0 Å². The summed E-state index contributed by atoms with van der Waals surface area (Å²) in [6.45, 7) is 0. The first-order chi connectivity index (χ1) is 14.6. The number of rotatable bonds is 4. The normalized spacial score (nSPS) is 24.3. The number of amides is 1. The Morgan fingerprint density at radius 2 is 2.16 bits per heavy atom. The highest BCUT2D eigenvalue weighted by atomic mass is 35.5. The summed E-state index contributed by atoms with van der Waals surface area (Å²) in [5, 5.41) is 6.84. The van der Waals surface area contributed by atoms with Gasteiger partial charge in [-0.3, -0.25) is 9.48 Å². The van der Waals surface area contributed by atoms with Gasteiger partial charge in [-0.15, -0.1) is 11.3 Å². The average molecular weight is 482 g/mol. The van der Waals surface area contributed by atoms with E-state index < -0.39 is 21.8 Å². The van der Waals surface area contributed by atoms with Crippen molar-refractivity contribution in [3.8, 4) is 10.4 Å². The summed E-state index contributed by atoms with van der Waals surface area (Å²) >= 11 is 7.36. The Morgan fingerprint density at radius 3 is 2.84 bits per heavy atom. The maximum absolute atomic E-state index is 13.4. The Bertz CT molecular complexity index is 1240. The van der Waals surface area contributed by atoms with Gasteiger partial charge in [-0.25, -0.2) is 17.6 Å².